The molecule has 1 heterocycles. The number of hydrogen-bond acceptors (Lipinski definition) is 4. The van der Waals surface area contributed by atoms with Crippen molar-refractivity contribution in [3.8, 4) is 5.88 Å². The summed E-state index contributed by atoms with van der Waals surface area (Å²) in [6, 6.07) is 3.45. The van der Waals surface area contributed by atoms with Gasteiger partial charge in [0.1, 0.15) is 17.3 Å². The molecule has 0 fully saturated rings. The number of aromatic nitrogens is 2. The van der Waals surface area contributed by atoms with Crippen LogP contribution in [0.2, 0.25) is 0 Å². The van der Waals surface area contributed by atoms with E-state index in [9.17, 15) is 8.78 Å². The van der Waals surface area contributed by atoms with Gasteiger partial charge in [-0.3, -0.25) is 4.98 Å². The molecule has 0 aliphatic carbocycles. The van der Waals surface area contributed by atoms with Gasteiger partial charge in [0.2, 0.25) is 5.88 Å². The van der Waals surface area contributed by atoms with E-state index in [1.165, 1.54) is 37.7 Å². The highest BCUT2D eigenvalue weighted by Gasteiger charge is 2.21. The van der Waals surface area contributed by atoms with Crippen LogP contribution in [0.25, 0.3) is 0 Å². The summed E-state index contributed by atoms with van der Waals surface area (Å²) in [6.45, 7) is 2.54. The summed E-state index contributed by atoms with van der Waals surface area (Å²) < 4.78 is 32.8. The summed E-state index contributed by atoms with van der Waals surface area (Å²) in [5, 5.41) is 3.16. The summed E-state index contributed by atoms with van der Waals surface area (Å²) in [6.07, 6.45) is 3.16. The quantitative estimate of drug-likeness (QED) is 0.889. The van der Waals surface area contributed by atoms with Gasteiger partial charge in [0.25, 0.3) is 0 Å². The predicted molar refractivity (Wildman–Crippen MR) is 75.1 cm³/mol. The number of benzene rings is 1. The number of nitrogens with one attached hydrogen (secondary N) is 1. The number of rotatable bonds is 6. The number of nitrogens with zero attached hydrogens (tertiary/aromatic N) is 2. The van der Waals surface area contributed by atoms with Gasteiger partial charge in [0.15, 0.2) is 0 Å². The van der Waals surface area contributed by atoms with E-state index in [4.69, 9.17) is 4.74 Å². The molecule has 0 saturated heterocycles. The van der Waals surface area contributed by atoms with Gasteiger partial charge in [0.05, 0.1) is 13.2 Å². The van der Waals surface area contributed by atoms with E-state index in [-0.39, 0.29) is 18.0 Å². The molecule has 0 bridgehead atoms. The van der Waals surface area contributed by atoms with Crippen molar-refractivity contribution >= 4 is 0 Å². The first-order valence-corrected chi connectivity index (χ1v) is 6.68. The number of likely N-dealkylation sites (N-methyl/N-ethyl adjacent to an activating group) is 1. The Morgan fingerprint density at radius 3 is 2.48 bits per heavy atom. The lowest BCUT2D eigenvalue weighted by molar-refractivity contribution is 0.375. The van der Waals surface area contributed by atoms with Crippen LogP contribution in [0.1, 0.15) is 24.2 Å². The number of ether oxygens (including phenoxy) is 1. The number of methoxy groups -OCH3 is 1. The molecule has 1 atom stereocenters. The predicted octanol–water partition coefficient (Wildman–Crippen LogP) is 2.66. The average Bonchev–Trinajstić information content (AvgIpc) is 2.50. The van der Waals surface area contributed by atoms with Gasteiger partial charge in [-0.05, 0) is 25.1 Å². The molecule has 0 aliphatic heterocycles. The first kappa shape index (κ1) is 15.3. The maximum absolute atomic E-state index is 13.8. The Labute approximate surface area is 122 Å². The Kier molecular flexibility index (Phi) is 5.16. The second-order valence-corrected chi connectivity index (χ2v) is 4.47. The second-order valence-electron chi connectivity index (χ2n) is 4.47. The third-order valence-electron chi connectivity index (χ3n) is 3.14. The van der Waals surface area contributed by atoms with Crippen LogP contribution in [0.3, 0.4) is 0 Å². The van der Waals surface area contributed by atoms with E-state index < -0.39 is 11.6 Å². The number of halogens is 2. The lowest BCUT2D eigenvalue weighted by Gasteiger charge is -2.19. The van der Waals surface area contributed by atoms with Crippen LogP contribution in [0, 0.1) is 11.6 Å². The SMILES string of the molecule is CCNC(Cc1c(F)cccc1F)c1nccnc1OC. The first-order chi connectivity index (χ1) is 10.2. The summed E-state index contributed by atoms with van der Waals surface area (Å²) in [5.41, 5.74) is 0.556. The van der Waals surface area contributed by atoms with Gasteiger partial charge in [-0.1, -0.05) is 13.0 Å². The van der Waals surface area contributed by atoms with Gasteiger partial charge in [-0.25, -0.2) is 13.8 Å². The fourth-order valence-corrected chi connectivity index (χ4v) is 2.18. The molecule has 1 aromatic heterocycles. The average molecular weight is 293 g/mol. The molecule has 112 valence electrons. The van der Waals surface area contributed by atoms with Crippen LogP contribution in [0.15, 0.2) is 30.6 Å². The summed E-state index contributed by atoms with van der Waals surface area (Å²) in [4.78, 5) is 8.30. The minimum Gasteiger partial charge on any atom is -0.480 e. The van der Waals surface area contributed by atoms with Crippen LogP contribution in [-0.4, -0.2) is 23.6 Å². The zero-order valence-electron chi connectivity index (χ0n) is 11.9. The van der Waals surface area contributed by atoms with E-state index in [1.807, 2.05) is 6.92 Å². The maximum Gasteiger partial charge on any atom is 0.237 e. The Morgan fingerprint density at radius 2 is 1.86 bits per heavy atom. The number of hydrogen-bond donors (Lipinski definition) is 1. The van der Waals surface area contributed by atoms with Gasteiger partial charge in [-0.2, -0.15) is 0 Å². The highest BCUT2D eigenvalue weighted by molar-refractivity contribution is 5.26. The van der Waals surface area contributed by atoms with Crippen molar-refractivity contribution in [3.05, 3.63) is 53.5 Å². The molecular weight excluding hydrogens is 276 g/mol. The van der Waals surface area contributed by atoms with E-state index in [1.54, 1.807) is 0 Å². The standard InChI is InChI=1S/C15H17F2N3O/c1-3-18-13(14-15(21-2)20-8-7-19-14)9-10-11(16)5-4-6-12(10)17/h4-8,13,18H,3,9H2,1-2H3. The van der Waals surface area contributed by atoms with E-state index >= 15 is 0 Å². The molecule has 1 N–H and O–H groups in total. The van der Waals surface area contributed by atoms with Crippen molar-refractivity contribution in [2.24, 2.45) is 0 Å². The molecule has 2 rings (SSSR count). The summed E-state index contributed by atoms with van der Waals surface area (Å²) in [7, 11) is 1.49. The smallest absolute Gasteiger partial charge is 0.237 e. The summed E-state index contributed by atoms with van der Waals surface area (Å²) >= 11 is 0. The third-order valence-corrected chi connectivity index (χ3v) is 3.14. The largest absolute Gasteiger partial charge is 0.480 e. The van der Waals surface area contributed by atoms with Gasteiger partial charge >= 0.3 is 0 Å². The van der Waals surface area contributed by atoms with Gasteiger partial charge < -0.3 is 10.1 Å². The monoisotopic (exact) mass is 293 g/mol. The van der Waals surface area contributed by atoms with Crippen molar-refractivity contribution in [3.63, 3.8) is 0 Å². The summed E-state index contributed by atoms with van der Waals surface area (Å²) in [5.74, 6) is -0.790. The fraction of sp³-hybridized carbons (Fsp3) is 0.333. The Bertz CT molecular complexity index is 587. The van der Waals surface area contributed by atoms with Crippen molar-refractivity contribution in [2.75, 3.05) is 13.7 Å². The van der Waals surface area contributed by atoms with Crippen LogP contribution in [0.4, 0.5) is 8.78 Å². The van der Waals surface area contributed by atoms with Crippen molar-refractivity contribution in [1.29, 1.82) is 0 Å². The Balaban J connectivity index is 2.35. The van der Waals surface area contributed by atoms with Crippen LogP contribution in [-0.2, 0) is 6.42 Å². The molecule has 0 amide bonds. The first-order valence-electron chi connectivity index (χ1n) is 6.68. The lowest BCUT2D eigenvalue weighted by Crippen LogP contribution is -2.25. The van der Waals surface area contributed by atoms with Gasteiger partial charge in [-0.15, -0.1) is 0 Å². The van der Waals surface area contributed by atoms with Crippen LogP contribution < -0.4 is 10.1 Å². The van der Waals surface area contributed by atoms with Crippen LogP contribution in [0.5, 0.6) is 5.88 Å². The van der Waals surface area contributed by atoms with Gasteiger partial charge in [0, 0.05) is 18.0 Å². The molecule has 1 unspecified atom stereocenters. The highest BCUT2D eigenvalue weighted by atomic mass is 19.1. The molecule has 6 heteroatoms. The maximum atomic E-state index is 13.8. The normalized spacial score (nSPS) is 12.2. The van der Waals surface area contributed by atoms with E-state index in [0.717, 1.165) is 0 Å². The van der Waals surface area contributed by atoms with Crippen LogP contribution >= 0.6 is 0 Å². The fourth-order valence-electron chi connectivity index (χ4n) is 2.18. The molecule has 0 spiro atoms. The molecule has 0 aliphatic rings. The molecule has 1 aromatic carbocycles. The highest BCUT2D eigenvalue weighted by Crippen LogP contribution is 2.25. The van der Waals surface area contributed by atoms with Crippen molar-refractivity contribution in [2.45, 2.75) is 19.4 Å². The Hall–Kier alpha value is -2.08. The molecular formula is C15H17F2N3O. The minimum absolute atomic E-state index is 0.0242. The molecule has 2 aromatic rings. The molecule has 0 radical (unpaired) electrons. The molecule has 4 nitrogen and oxygen atoms in total. The van der Waals surface area contributed by atoms with Crippen molar-refractivity contribution in [1.82, 2.24) is 15.3 Å². The lowest BCUT2D eigenvalue weighted by atomic mass is 10.0. The van der Waals surface area contributed by atoms with E-state index in [2.05, 4.69) is 15.3 Å². The van der Waals surface area contributed by atoms with Crippen molar-refractivity contribution < 1.29 is 13.5 Å². The zero-order valence-corrected chi connectivity index (χ0v) is 11.9. The zero-order chi connectivity index (χ0) is 15.2. The topological polar surface area (TPSA) is 47.0 Å². The minimum atomic E-state index is -0.569. The van der Waals surface area contributed by atoms with E-state index in [0.29, 0.717) is 18.1 Å². The Morgan fingerprint density at radius 1 is 1.19 bits per heavy atom. The molecule has 0 saturated carbocycles. The second kappa shape index (κ2) is 7.08. The third kappa shape index (κ3) is 3.52. The molecule has 21 heavy (non-hydrogen) atoms.